The molecular formula is C22H35N3O3. The zero-order valence-electron chi connectivity index (χ0n) is 17.4. The number of ether oxygens (including phenoxy) is 2. The lowest BCUT2D eigenvalue weighted by Gasteiger charge is -2.48. The minimum absolute atomic E-state index is 0.0789. The van der Waals surface area contributed by atoms with Gasteiger partial charge < -0.3 is 20.1 Å². The maximum Gasteiger partial charge on any atom is 0.314 e. The van der Waals surface area contributed by atoms with E-state index in [1.807, 2.05) is 12.1 Å². The Morgan fingerprint density at radius 2 is 1.93 bits per heavy atom. The molecule has 2 N–H and O–H groups in total. The minimum atomic E-state index is -0.0789. The van der Waals surface area contributed by atoms with Gasteiger partial charge in [0.2, 0.25) is 0 Å². The van der Waals surface area contributed by atoms with Crippen molar-refractivity contribution in [3.8, 4) is 5.75 Å². The molecular weight excluding hydrogens is 354 g/mol. The lowest BCUT2D eigenvalue weighted by Crippen LogP contribution is -2.60. The van der Waals surface area contributed by atoms with Crippen LogP contribution in [0.1, 0.15) is 43.2 Å². The quantitative estimate of drug-likeness (QED) is 0.753. The molecule has 1 heterocycles. The summed E-state index contributed by atoms with van der Waals surface area (Å²) in [6, 6.07) is 6.07. The van der Waals surface area contributed by atoms with Gasteiger partial charge in [0.25, 0.3) is 0 Å². The fraction of sp³-hybridized carbons (Fsp3) is 0.682. The van der Waals surface area contributed by atoms with E-state index in [9.17, 15) is 4.79 Å². The van der Waals surface area contributed by atoms with Crippen LogP contribution in [0.15, 0.2) is 18.2 Å². The van der Waals surface area contributed by atoms with Gasteiger partial charge in [0.05, 0.1) is 20.3 Å². The maximum atomic E-state index is 12.4. The van der Waals surface area contributed by atoms with Crippen LogP contribution in [0.4, 0.5) is 4.79 Å². The predicted molar refractivity (Wildman–Crippen MR) is 111 cm³/mol. The SMILES string of the molecule is COc1ccc(C)cc1CCNC(=O)NCC1(N2CCOCC2)CCCCC1. The number of carbonyl (C=O) groups is 1. The van der Waals surface area contributed by atoms with Gasteiger partial charge in [-0.3, -0.25) is 4.90 Å². The number of benzene rings is 1. The normalized spacial score (nSPS) is 19.8. The highest BCUT2D eigenvalue weighted by Crippen LogP contribution is 2.33. The van der Waals surface area contributed by atoms with Gasteiger partial charge in [-0.1, -0.05) is 37.0 Å². The molecule has 1 saturated heterocycles. The number of amides is 2. The monoisotopic (exact) mass is 389 g/mol. The summed E-state index contributed by atoms with van der Waals surface area (Å²) in [6.07, 6.45) is 6.87. The first-order valence-electron chi connectivity index (χ1n) is 10.6. The third kappa shape index (κ3) is 5.39. The number of nitrogens with zero attached hydrogens (tertiary/aromatic N) is 1. The number of carbonyl (C=O) groups excluding carboxylic acids is 1. The van der Waals surface area contributed by atoms with E-state index in [1.165, 1.54) is 24.8 Å². The van der Waals surface area contributed by atoms with Crippen LogP contribution in [0.5, 0.6) is 5.75 Å². The van der Waals surface area contributed by atoms with Crippen molar-refractivity contribution in [1.29, 1.82) is 0 Å². The molecule has 2 fully saturated rings. The Kier molecular flexibility index (Phi) is 7.57. The molecule has 0 unspecified atom stereocenters. The zero-order valence-corrected chi connectivity index (χ0v) is 17.4. The van der Waals surface area contributed by atoms with Crippen LogP contribution in [0.3, 0.4) is 0 Å². The van der Waals surface area contributed by atoms with E-state index in [0.29, 0.717) is 13.1 Å². The van der Waals surface area contributed by atoms with Crippen LogP contribution in [-0.2, 0) is 11.2 Å². The van der Waals surface area contributed by atoms with Gasteiger partial charge in [0.15, 0.2) is 0 Å². The number of methoxy groups -OCH3 is 1. The minimum Gasteiger partial charge on any atom is -0.496 e. The Morgan fingerprint density at radius 3 is 2.64 bits per heavy atom. The molecule has 0 radical (unpaired) electrons. The lowest BCUT2D eigenvalue weighted by atomic mass is 9.80. The molecule has 1 aromatic rings. The van der Waals surface area contributed by atoms with Gasteiger partial charge in [-0.2, -0.15) is 0 Å². The number of hydrogen-bond acceptors (Lipinski definition) is 4. The fourth-order valence-electron chi connectivity index (χ4n) is 4.57. The Balaban J connectivity index is 1.49. The van der Waals surface area contributed by atoms with Gasteiger partial charge in [0, 0.05) is 31.7 Å². The smallest absolute Gasteiger partial charge is 0.314 e. The average molecular weight is 390 g/mol. The largest absolute Gasteiger partial charge is 0.496 e. The Morgan fingerprint density at radius 1 is 1.18 bits per heavy atom. The topological polar surface area (TPSA) is 62.8 Å². The molecule has 1 aliphatic heterocycles. The molecule has 1 aromatic carbocycles. The summed E-state index contributed by atoms with van der Waals surface area (Å²) >= 11 is 0. The van der Waals surface area contributed by atoms with Crippen molar-refractivity contribution >= 4 is 6.03 Å². The van der Waals surface area contributed by atoms with Crippen molar-refractivity contribution in [2.45, 2.75) is 51.0 Å². The molecule has 2 aliphatic rings. The predicted octanol–water partition coefficient (Wildman–Crippen LogP) is 2.88. The molecule has 1 aliphatic carbocycles. The van der Waals surface area contributed by atoms with E-state index in [0.717, 1.165) is 56.9 Å². The molecule has 156 valence electrons. The van der Waals surface area contributed by atoms with Crippen molar-refractivity contribution in [3.63, 3.8) is 0 Å². The van der Waals surface area contributed by atoms with E-state index in [-0.39, 0.29) is 11.6 Å². The van der Waals surface area contributed by atoms with E-state index in [1.54, 1.807) is 7.11 Å². The van der Waals surface area contributed by atoms with Crippen LogP contribution in [-0.4, -0.2) is 63.0 Å². The highest BCUT2D eigenvalue weighted by atomic mass is 16.5. The van der Waals surface area contributed by atoms with Crippen molar-refractivity contribution in [1.82, 2.24) is 15.5 Å². The number of aryl methyl sites for hydroxylation is 1. The molecule has 2 amide bonds. The van der Waals surface area contributed by atoms with E-state index in [4.69, 9.17) is 9.47 Å². The fourth-order valence-corrected chi connectivity index (χ4v) is 4.57. The summed E-state index contributed by atoms with van der Waals surface area (Å²) in [6.45, 7) is 6.91. The Labute approximate surface area is 169 Å². The second-order valence-corrected chi connectivity index (χ2v) is 8.06. The van der Waals surface area contributed by atoms with Crippen LogP contribution >= 0.6 is 0 Å². The van der Waals surface area contributed by atoms with Gasteiger partial charge in [-0.25, -0.2) is 4.79 Å². The zero-order chi connectivity index (χ0) is 19.8. The summed E-state index contributed by atoms with van der Waals surface area (Å²) in [5, 5.41) is 6.17. The third-order valence-electron chi connectivity index (χ3n) is 6.16. The summed E-state index contributed by atoms with van der Waals surface area (Å²) in [7, 11) is 1.68. The standard InChI is InChI=1S/C22H35N3O3/c1-18-6-7-20(27-2)19(16-18)8-11-23-21(26)24-17-22(9-4-3-5-10-22)25-12-14-28-15-13-25/h6-7,16H,3-5,8-15,17H2,1-2H3,(H2,23,24,26). The van der Waals surface area contributed by atoms with Crippen LogP contribution in [0, 0.1) is 6.92 Å². The summed E-state index contributed by atoms with van der Waals surface area (Å²) in [4.78, 5) is 15.0. The Hall–Kier alpha value is -1.79. The molecule has 1 saturated carbocycles. The van der Waals surface area contributed by atoms with Crippen molar-refractivity contribution in [2.75, 3.05) is 46.5 Å². The second-order valence-electron chi connectivity index (χ2n) is 8.06. The van der Waals surface area contributed by atoms with Crippen LogP contribution in [0.25, 0.3) is 0 Å². The summed E-state index contributed by atoms with van der Waals surface area (Å²) in [5.41, 5.74) is 2.42. The van der Waals surface area contributed by atoms with Gasteiger partial charge in [-0.15, -0.1) is 0 Å². The number of rotatable bonds is 7. The maximum absolute atomic E-state index is 12.4. The van der Waals surface area contributed by atoms with Crippen LogP contribution in [0.2, 0.25) is 0 Å². The number of hydrogen-bond donors (Lipinski definition) is 2. The molecule has 6 heteroatoms. The first-order chi connectivity index (χ1) is 13.6. The summed E-state index contributed by atoms with van der Waals surface area (Å²) < 4.78 is 11.0. The number of urea groups is 1. The molecule has 0 atom stereocenters. The number of morpholine rings is 1. The second kappa shape index (κ2) is 10.1. The highest BCUT2D eigenvalue weighted by molar-refractivity contribution is 5.73. The molecule has 3 rings (SSSR count). The molecule has 6 nitrogen and oxygen atoms in total. The van der Waals surface area contributed by atoms with E-state index in [2.05, 4.69) is 28.5 Å². The van der Waals surface area contributed by atoms with Crippen molar-refractivity contribution in [2.24, 2.45) is 0 Å². The van der Waals surface area contributed by atoms with Crippen molar-refractivity contribution in [3.05, 3.63) is 29.3 Å². The molecule has 28 heavy (non-hydrogen) atoms. The first-order valence-corrected chi connectivity index (χ1v) is 10.6. The van der Waals surface area contributed by atoms with Crippen molar-refractivity contribution < 1.29 is 14.3 Å². The third-order valence-corrected chi connectivity index (χ3v) is 6.16. The molecule has 0 aromatic heterocycles. The average Bonchev–Trinajstić information content (AvgIpc) is 2.74. The number of nitrogens with one attached hydrogen (secondary N) is 2. The molecule has 0 spiro atoms. The van der Waals surface area contributed by atoms with E-state index < -0.39 is 0 Å². The molecule has 0 bridgehead atoms. The summed E-state index contributed by atoms with van der Waals surface area (Å²) in [5.74, 6) is 0.876. The lowest BCUT2D eigenvalue weighted by molar-refractivity contribution is -0.0357. The van der Waals surface area contributed by atoms with Gasteiger partial charge in [0.1, 0.15) is 5.75 Å². The van der Waals surface area contributed by atoms with Gasteiger partial charge in [-0.05, 0) is 37.8 Å². The van der Waals surface area contributed by atoms with Crippen LogP contribution < -0.4 is 15.4 Å². The highest BCUT2D eigenvalue weighted by Gasteiger charge is 2.38. The Bertz CT molecular complexity index is 638. The van der Waals surface area contributed by atoms with Gasteiger partial charge >= 0.3 is 6.03 Å². The first kappa shape index (κ1) is 20.9. The van der Waals surface area contributed by atoms with E-state index >= 15 is 0 Å².